The molecule has 0 aliphatic carbocycles. The van der Waals surface area contributed by atoms with Crippen molar-refractivity contribution in [1.82, 2.24) is 10.2 Å². The maximum Gasteiger partial charge on any atom is 0.223 e. The molecule has 0 spiro atoms. The fourth-order valence-corrected chi connectivity index (χ4v) is 3.21. The second-order valence-electron chi connectivity index (χ2n) is 6.96. The summed E-state index contributed by atoms with van der Waals surface area (Å²) in [7, 11) is 2.00. The Labute approximate surface area is 123 Å². The third-order valence-electron chi connectivity index (χ3n) is 4.98. The van der Waals surface area contributed by atoms with Crippen LogP contribution < -0.4 is 5.32 Å². The molecule has 2 heterocycles. The van der Waals surface area contributed by atoms with Crippen molar-refractivity contribution < 1.29 is 4.79 Å². The van der Waals surface area contributed by atoms with Crippen molar-refractivity contribution >= 4 is 18.3 Å². The van der Waals surface area contributed by atoms with E-state index in [-0.39, 0.29) is 17.8 Å². The van der Waals surface area contributed by atoms with Gasteiger partial charge in [0.2, 0.25) is 5.91 Å². The number of carbonyl (C=O) groups excluding carboxylic acids is 1. The number of carbonyl (C=O) groups is 1. The van der Waals surface area contributed by atoms with E-state index in [1.54, 1.807) is 0 Å². The number of nitrogens with one attached hydrogen (secondary N) is 1. The molecule has 2 fully saturated rings. The Hall–Kier alpha value is -0.280. The van der Waals surface area contributed by atoms with Crippen LogP contribution >= 0.6 is 12.4 Å². The smallest absolute Gasteiger partial charge is 0.223 e. The van der Waals surface area contributed by atoms with Crippen molar-refractivity contribution in [2.45, 2.75) is 77.4 Å². The number of rotatable bonds is 4. The summed E-state index contributed by atoms with van der Waals surface area (Å²) in [6.45, 7) is 6.54. The lowest BCUT2D eigenvalue weighted by Crippen LogP contribution is -2.49. The zero-order valence-electron chi connectivity index (χ0n) is 12.7. The predicted octanol–water partition coefficient (Wildman–Crippen LogP) is 2.98. The summed E-state index contributed by atoms with van der Waals surface area (Å²) in [4.78, 5) is 14.4. The minimum absolute atomic E-state index is 0. The zero-order valence-corrected chi connectivity index (χ0v) is 13.6. The molecule has 0 saturated carbocycles. The molecule has 2 aliphatic rings. The van der Waals surface area contributed by atoms with Crippen LogP contribution in [0.4, 0.5) is 0 Å². The van der Waals surface area contributed by atoms with Crippen molar-refractivity contribution in [2.75, 3.05) is 7.05 Å². The van der Waals surface area contributed by atoms with Gasteiger partial charge in [-0.15, -0.1) is 12.4 Å². The summed E-state index contributed by atoms with van der Waals surface area (Å²) in [5.74, 6) is 0.327. The van der Waals surface area contributed by atoms with Gasteiger partial charge in [-0.3, -0.25) is 4.79 Å². The highest BCUT2D eigenvalue weighted by atomic mass is 35.5. The molecular weight excluding hydrogens is 260 g/mol. The van der Waals surface area contributed by atoms with Crippen molar-refractivity contribution in [2.24, 2.45) is 5.41 Å². The van der Waals surface area contributed by atoms with Crippen LogP contribution in [-0.2, 0) is 4.79 Å². The predicted molar refractivity (Wildman–Crippen MR) is 81.7 cm³/mol. The number of piperidine rings is 1. The van der Waals surface area contributed by atoms with E-state index >= 15 is 0 Å². The van der Waals surface area contributed by atoms with Crippen LogP contribution in [0, 0.1) is 5.41 Å². The first kappa shape index (κ1) is 16.8. The standard InChI is InChI=1S/C15H28N2O.ClH/c1-5-15(2,3)10-14(18)17(4)13-8-11-6-7-12(9-13)16-11;/h11-13,16H,5-10H2,1-4H3;1H. The van der Waals surface area contributed by atoms with Gasteiger partial charge in [-0.1, -0.05) is 27.2 Å². The van der Waals surface area contributed by atoms with Gasteiger partial charge in [0.05, 0.1) is 0 Å². The third-order valence-corrected chi connectivity index (χ3v) is 4.98. The molecule has 0 aromatic carbocycles. The van der Waals surface area contributed by atoms with Crippen LogP contribution in [-0.4, -0.2) is 36.0 Å². The van der Waals surface area contributed by atoms with E-state index in [1.807, 2.05) is 11.9 Å². The summed E-state index contributed by atoms with van der Waals surface area (Å²) < 4.78 is 0. The first-order valence-corrected chi connectivity index (χ1v) is 7.43. The molecule has 2 aliphatic heterocycles. The van der Waals surface area contributed by atoms with E-state index in [2.05, 4.69) is 26.1 Å². The number of amides is 1. The van der Waals surface area contributed by atoms with Gasteiger partial charge >= 0.3 is 0 Å². The van der Waals surface area contributed by atoms with Gasteiger partial charge in [-0.2, -0.15) is 0 Å². The molecule has 2 atom stereocenters. The largest absolute Gasteiger partial charge is 0.343 e. The number of nitrogens with zero attached hydrogens (tertiary/aromatic N) is 1. The lowest BCUT2D eigenvalue weighted by molar-refractivity contribution is -0.134. The lowest BCUT2D eigenvalue weighted by Gasteiger charge is -2.37. The van der Waals surface area contributed by atoms with Crippen molar-refractivity contribution in [3.8, 4) is 0 Å². The van der Waals surface area contributed by atoms with Crippen molar-refractivity contribution in [1.29, 1.82) is 0 Å². The molecule has 0 aromatic heterocycles. The third kappa shape index (κ3) is 4.09. The summed E-state index contributed by atoms with van der Waals surface area (Å²) >= 11 is 0. The molecule has 2 unspecified atom stereocenters. The van der Waals surface area contributed by atoms with Crippen LogP contribution in [0.25, 0.3) is 0 Å². The molecule has 0 aromatic rings. The Kier molecular flexibility index (Phi) is 5.69. The maximum absolute atomic E-state index is 12.4. The fraction of sp³-hybridized carbons (Fsp3) is 0.933. The first-order valence-electron chi connectivity index (χ1n) is 7.43. The van der Waals surface area contributed by atoms with Gasteiger partial charge < -0.3 is 10.2 Å². The number of hydrogen-bond donors (Lipinski definition) is 1. The molecule has 2 bridgehead atoms. The Balaban J connectivity index is 0.00000180. The monoisotopic (exact) mass is 288 g/mol. The van der Waals surface area contributed by atoms with Crippen LogP contribution in [0.5, 0.6) is 0 Å². The highest BCUT2D eigenvalue weighted by Crippen LogP contribution is 2.31. The topological polar surface area (TPSA) is 32.3 Å². The highest BCUT2D eigenvalue weighted by molar-refractivity contribution is 5.85. The number of fused-ring (bicyclic) bond motifs is 2. The van der Waals surface area contributed by atoms with Crippen LogP contribution in [0.2, 0.25) is 0 Å². The molecule has 4 heteroatoms. The molecular formula is C15H29ClN2O. The van der Waals surface area contributed by atoms with Gasteiger partial charge in [0.15, 0.2) is 0 Å². The van der Waals surface area contributed by atoms with Gasteiger partial charge in [-0.05, 0) is 31.1 Å². The molecule has 112 valence electrons. The minimum Gasteiger partial charge on any atom is -0.343 e. The van der Waals surface area contributed by atoms with Gasteiger partial charge in [-0.25, -0.2) is 0 Å². The van der Waals surface area contributed by atoms with E-state index in [1.165, 1.54) is 12.8 Å². The SMILES string of the molecule is CCC(C)(C)CC(=O)N(C)C1CC2CCC(C1)N2.Cl. The van der Waals surface area contributed by atoms with Crippen LogP contribution in [0.3, 0.4) is 0 Å². The Morgan fingerprint density at radius 1 is 1.26 bits per heavy atom. The van der Waals surface area contributed by atoms with Crippen LogP contribution in [0.1, 0.15) is 59.3 Å². The maximum atomic E-state index is 12.4. The minimum atomic E-state index is 0. The molecule has 2 rings (SSSR count). The van der Waals surface area contributed by atoms with Crippen molar-refractivity contribution in [3.05, 3.63) is 0 Å². The molecule has 2 saturated heterocycles. The van der Waals surface area contributed by atoms with E-state index in [4.69, 9.17) is 0 Å². The lowest BCUT2D eigenvalue weighted by atomic mass is 9.85. The molecule has 19 heavy (non-hydrogen) atoms. The van der Waals surface area contributed by atoms with Gasteiger partial charge in [0, 0.05) is 31.6 Å². The average molecular weight is 289 g/mol. The number of hydrogen-bond acceptors (Lipinski definition) is 2. The van der Waals surface area contributed by atoms with E-state index in [0.717, 1.165) is 19.3 Å². The van der Waals surface area contributed by atoms with Crippen LogP contribution in [0.15, 0.2) is 0 Å². The normalized spacial score (nSPS) is 29.8. The second kappa shape index (κ2) is 6.45. The van der Waals surface area contributed by atoms with Gasteiger partial charge in [0.1, 0.15) is 0 Å². The first-order chi connectivity index (χ1) is 8.41. The van der Waals surface area contributed by atoms with E-state index in [0.29, 0.717) is 30.5 Å². The summed E-state index contributed by atoms with van der Waals surface area (Å²) in [6.07, 6.45) is 6.62. The summed E-state index contributed by atoms with van der Waals surface area (Å²) in [5, 5.41) is 3.64. The Bertz CT molecular complexity index is 307. The Morgan fingerprint density at radius 3 is 2.26 bits per heavy atom. The molecule has 3 nitrogen and oxygen atoms in total. The fourth-order valence-electron chi connectivity index (χ4n) is 3.21. The highest BCUT2D eigenvalue weighted by Gasteiger charge is 2.36. The second-order valence-corrected chi connectivity index (χ2v) is 6.96. The quantitative estimate of drug-likeness (QED) is 0.862. The van der Waals surface area contributed by atoms with Gasteiger partial charge in [0.25, 0.3) is 0 Å². The zero-order chi connectivity index (χ0) is 13.3. The summed E-state index contributed by atoms with van der Waals surface area (Å²) in [6, 6.07) is 1.77. The molecule has 0 radical (unpaired) electrons. The number of halogens is 1. The van der Waals surface area contributed by atoms with E-state index < -0.39 is 0 Å². The molecule has 1 N–H and O–H groups in total. The average Bonchev–Trinajstić information content (AvgIpc) is 2.66. The Morgan fingerprint density at radius 2 is 1.79 bits per heavy atom. The van der Waals surface area contributed by atoms with Crippen molar-refractivity contribution in [3.63, 3.8) is 0 Å². The van der Waals surface area contributed by atoms with E-state index in [9.17, 15) is 4.79 Å². The summed E-state index contributed by atoms with van der Waals surface area (Å²) in [5.41, 5.74) is 0.136. The molecule has 1 amide bonds.